The highest BCUT2D eigenvalue weighted by molar-refractivity contribution is 7.22. The van der Waals surface area contributed by atoms with Gasteiger partial charge in [0.05, 0.1) is 14.2 Å². The number of hydrogen-bond donors (Lipinski definition) is 0. The van der Waals surface area contributed by atoms with Crippen molar-refractivity contribution in [1.29, 1.82) is 0 Å². The number of amides is 1. The van der Waals surface area contributed by atoms with E-state index in [1.165, 1.54) is 35.6 Å². The molecule has 1 aromatic heterocycles. The number of aromatic nitrogens is 1. The lowest BCUT2D eigenvalue weighted by molar-refractivity contribution is 0.0986. The van der Waals surface area contributed by atoms with Crippen molar-refractivity contribution in [2.75, 3.05) is 46.3 Å². The Morgan fingerprint density at radius 1 is 1.03 bits per heavy atom. The molecule has 0 aliphatic heterocycles. The summed E-state index contributed by atoms with van der Waals surface area (Å²) >= 11 is 1.37. The topological polar surface area (TPSA) is 54.9 Å². The van der Waals surface area contributed by atoms with Crippen molar-refractivity contribution in [3.8, 4) is 11.5 Å². The third-order valence-corrected chi connectivity index (χ3v) is 5.55. The van der Waals surface area contributed by atoms with Crippen molar-refractivity contribution >= 4 is 45.0 Å². The number of ether oxygens (including phenoxy) is 2. The van der Waals surface area contributed by atoms with Crippen LogP contribution in [0.3, 0.4) is 0 Å². The van der Waals surface area contributed by atoms with E-state index in [9.17, 15) is 9.18 Å². The maximum atomic E-state index is 13.3. The molecule has 9 heteroatoms. The Labute approximate surface area is 185 Å². The average molecular weight is 454 g/mol. The van der Waals surface area contributed by atoms with Gasteiger partial charge in [-0.3, -0.25) is 9.69 Å². The highest BCUT2D eigenvalue weighted by Gasteiger charge is 2.23. The number of benzene rings is 2. The zero-order chi connectivity index (χ0) is 21.0. The van der Waals surface area contributed by atoms with Crippen LogP contribution < -0.4 is 14.4 Å². The van der Waals surface area contributed by atoms with Crippen molar-refractivity contribution in [1.82, 2.24) is 9.88 Å². The van der Waals surface area contributed by atoms with Gasteiger partial charge in [-0.2, -0.15) is 0 Å². The zero-order valence-electron chi connectivity index (χ0n) is 17.3. The number of methoxy groups -OCH3 is 2. The third-order valence-electron chi connectivity index (χ3n) is 4.45. The van der Waals surface area contributed by atoms with Gasteiger partial charge >= 0.3 is 0 Å². The van der Waals surface area contributed by atoms with Gasteiger partial charge in [0.25, 0.3) is 5.91 Å². The molecule has 0 atom stereocenters. The van der Waals surface area contributed by atoms with Gasteiger partial charge in [-0.05, 0) is 63.5 Å². The number of hydrogen-bond acceptors (Lipinski definition) is 6. The van der Waals surface area contributed by atoms with Gasteiger partial charge in [0.15, 0.2) is 5.13 Å². The highest BCUT2D eigenvalue weighted by atomic mass is 35.5. The molecule has 0 N–H and O–H groups in total. The zero-order valence-corrected chi connectivity index (χ0v) is 19.0. The van der Waals surface area contributed by atoms with Gasteiger partial charge in [-0.1, -0.05) is 11.3 Å². The van der Waals surface area contributed by atoms with E-state index in [1.54, 1.807) is 25.2 Å². The number of carbonyl (C=O) groups is 1. The molecule has 1 amide bonds. The summed E-state index contributed by atoms with van der Waals surface area (Å²) in [7, 11) is 7.15. The van der Waals surface area contributed by atoms with E-state index in [1.807, 2.05) is 20.2 Å². The minimum absolute atomic E-state index is 0. The summed E-state index contributed by atoms with van der Waals surface area (Å²) in [5.41, 5.74) is 1.06. The molecule has 1 heterocycles. The van der Waals surface area contributed by atoms with Gasteiger partial charge < -0.3 is 14.4 Å². The van der Waals surface area contributed by atoms with E-state index in [0.717, 1.165) is 17.7 Å². The van der Waals surface area contributed by atoms with Crippen LogP contribution in [0.1, 0.15) is 16.8 Å². The van der Waals surface area contributed by atoms with Gasteiger partial charge in [0.2, 0.25) is 0 Å². The van der Waals surface area contributed by atoms with Crippen molar-refractivity contribution in [3.63, 3.8) is 0 Å². The van der Waals surface area contributed by atoms with Gasteiger partial charge in [0.1, 0.15) is 27.5 Å². The Balaban J connectivity index is 0.00000320. The molecule has 0 spiro atoms. The summed E-state index contributed by atoms with van der Waals surface area (Å²) in [5, 5.41) is 0.552. The lowest BCUT2D eigenvalue weighted by atomic mass is 10.2. The summed E-state index contributed by atoms with van der Waals surface area (Å²) in [5.74, 6) is 0.689. The minimum atomic E-state index is -0.379. The number of halogens is 2. The second kappa shape index (κ2) is 10.6. The van der Waals surface area contributed by atoms with Crippen LogP contribution >= 0.6 is 23.7 Å². The normalized spacial score (nSPS) is 10.7. The van der Waals surface area contributed by atoms with Crippen LogP contribution in [-0.4, -0.2) is 57.2 Å². The van der Waals surface area contributed by atoms with Gasteiger partial charge in [0, 0.05) is 12.1 Å². The Hall–Kier alpha value is -2.42. The lowest BCUT2D eigenvalue weighted by Gasteiger charge is -2.21. The Morgan fingerprint density at radius 3 is 2.27 bits per heavy atom. The van der Waals surface area contributed by atoms with Crippen molar-refractivity contribution in [2.24, 2.45) is 0 Å². The summed E-state index contributed by atoms with van der Waals surface area (Å²) in [6.07, 6.45) is 0.768. The summed E-state index contributed by atoms with van der Waals surface area (Å²) in [6, 6.07) is 9.17. The fraction of sp³-hybridized carbons (Fsp3) is 0.333. The molecule has 3 rings (SSSR count). The van der Waals surface area contributed by atoms with Crippen LogP contribution in [0, 0.1) is 5.82 Å². The molecule has 0 fully saturated rings. The smallest absolute Gasteiger partial charge is 0.260 e. The predicted octanol–water partition coefficient (Wildman–Crippen LogP) is 4.47. The molecule has 2 aromatic carbocycles. The number of nitrogens with zero attached hydrogens (tertiary/aromatic N) is 3. The minimum Gasteiger partial charge on any atom is -0.495 e. The molecule has 3 aromatic rings. The van der Waals surface area contributed by atoms with Crippen LogP contribution in [0.25, 0.3) is 10.2 Å². The molecule has 0 aliphatic carbocycles. The second-order valence-electron chi connectivity index (χ2n) is 6.76. The molecule has 6 nitrogen and oxygen atoms in total. The van der Waals surface area contributed by atoms with Crippen LogP contribution in [-0.2, 0) is 0 Å². The number of carbonyl (C=O) groups excluding carboxylic acids is 1. The number of rotatable bonds is 8. The molecule has 0 saturated carbocycles. The van der Waals surface area contributed by atoms with Gasteiger partial charge in [-0.25, -0.2) is 9.37 Å². The van der Waals surface area contributed by atoms with Crippen molar-refractivity contribution in [3.05, 3.63) is 47.8 Å². The van der Waals surface area contributed by atoms with Crippen LogP contribution in [0.2, 0.25) is 0 Å². The molecule has 30 heavy (non-hydrogen) atoms. The maximum absolute atomic E-state index is 13.3. The highest BCUT2D eigenvalue weighted by Crippen LogP contribution is 2.40. The van der Waals surface area contributed by atoms with E-state index in [-0.39, 0.29) is 24.1 Å². The van der Waals surface area contributed by atoms with Crippen LogP contribution in [0.5, 0.6) is 11.5 Å². The van der Waals surface area contributed by atoms with Crippen molar-refractivity contribution in [2.45, 2.75) is 6.42 Å². The third kappa shape index (κ3) is 5.19. The van der Waals surface area contributed by atoms with Crippen LogP contribution in [0.15, 0.2) is 36.4 Å². The van der Waals surface area contributed by atoms with Crippen LogP contribution in [0.4, 0.5) is 9.52 Å². The Kier molecular flexibility index (Phi) is 8.40. The monoisotopic (exact) mass is 453 g/mol. The first-order valence-corrected chi connectivity index (χ1v) is 10.00. The number of fused-ring (bicyclic) bond motifs is 1. The average Bonchev–Trinajstić information content (AvgIpc) is 3.15. The Morgan fingerprint density at radius 2 is 1.67 bits per heavy atom. The van der Waals surface area contributed by atoms with E-state index in [4.69, 9.17) is 9.47 Å². The summed E-state index contributed by atoms with van der Waals surface area (Å²) < 4.78 is 25.0. The fourth-order valence-electron chi connectivity index (χ4n) is 2.97. The Bertz CT molecular complexity index is 954. The van der Waals surface area contributed by atoms with Crippen molar-refractivity contribution < 1.29 is 18.7 Å². The van der Waals surface area contributed by atoms with Gasteiger partial charge in [-0.15, -0.1) is 12.4 Å². The molecular weight excluding hydrogens is 429 g/mol. The molecule has 0 radical (unpaired) electrons. The largest absolute Gasteiger partial charge is 0.495 e. The summed E-state index contributed by atoms with van der Waals surface area (Å²) in [4.78, 5) is 21.6. The van der Waals surface area contributed by atoms with E-state index in [0.29, 0.717) is 34.3 Å². The molecule has 0 bridgehead atoms. The molecular formula is C21H25ClFN3O3S. The number of anilines is 1. The van der Waals surface area contributed by atoms with E-state index >= 15 is 0 Å². The van der Waals surface area contributed by atoms with E-state index < -0.39 is 0 Å². The molecule has 0 unspecified atom stereocenters. The first-order chi connectivity index (χ1) is 13.9. The number of thiazole rings is 1. The predicted molar refractivity (Wildman–Crippen MR) is 121 cm³/mol. The molecule has 0 saturated heterocycles. The van der Waals surface area contributed by atoms with E-state index in [2.05, 4.69) is 9.88 Å². The first kappa shape index (κ1) is 23.9. The molecule has 162 valence electrons. The summed E-state index contributed by atoms with van der Waals surface area (Å²) in [6.45, 7) is 1.31. The first-order valence-electron chi connectivity index (χ1n) is 9.18. The standard InChI is InChI=1S/C21H24FN3O3S.ClH/c1-24(2)12-5-13-25(20(26)14-6-8-15(22)9-7-14)21-23-18-16(27-3)10-11-17(28-4)19(18)29-21;/h6-11H,5,12-13H2,1-4H3;1H. The lowest BCUT2D eigenvalue weighted by Crippen LogP contribution is -2.33. The second-order valence-corrected chi connectivity index (χ2v) is 7.74. The maximum Gasteiger partial charge on any atom is 0.260 e. The SMILES string of the molecule is COc1ccc(OC)c2sc(N(CCCN(C)C)C(=O)c3ccc(F)cc3)nc12.Cl. The molecule has 0 aliphatic rings. The quantitative estimate of drug-likeness (QED) is 0.503. The fourth-order valence-corrected chi connectivity index (χ4v) is 4.07.